The largest absolute Gasteiger partial charge is 0.369 e. The van der Waals surface area contributed by atoms with Gasteiger partial charge in [0.1, 0.15) is 0 Å². The van der Waals surface area contributed by atoms with Crippen molar-refractivity contribution >= 4 is 23.6 Å². The molecular weight excluding hydrogens is 320 g/mol. The number of carbonyl (C=O) groups excluding carboxylic acids is 2. The molecule has 1 aliphatic rings. The number of hydrogen-bond acceptors (Lipinski definition) is 3. The third kappa shape index (κ3) is 4.76. The Hall–Kier alpha value is -1.49. The maximum Gasteiger partial charge on any atom is 0.232 e. The molecule has 0 aromatic heterocycles. The molecule has 1 aromatic rings. The normalized spacial score (nSPS) is 16.2. The predicted octanol–water partition coefficient (Wildman–Crippen LogP) is 3.11. The minimum Gasteiger partial charge on any atom is -0.369 e. The lowest BCUT2D eigenvalue weighted by atomic mass is 9.87. The van der Waals surface area contributed by atoms with Gasteiger partial charge in [0.15, 0.2) is 0 Å². The van der Waals surface area contributed by atoms with Crippen LogP contribution in [0.5, 0.6) is 0 Å². The molecule has 1 saturated heterocycles. The molecule has 2 N–H and O–H groups in total. The monoisotopic (exact) mass is 348 g/mol. The average molecular weight is 349 g/mol. The summed E-state index contributed by atoms with van der Waals surface area (Å²) in [5, 5.41) is 0. The van der Waals surface area contributed by atoms with E-state index in [9.17, 15) is 9.59 Å². The molecule has 24 heavy (non-hydrogen) atoms. The SMILES string of the molecule is Cc1ccc(C(C)(C)C)cc1SCC(=O)N1CCC(C(N)=O)CC1. The number of carbonyl (C=O) groups is 2. The van der Waals surface area contributed by atoms with Gasteiger partial charge in [0, 0.05) is 23.9 Å². The van der Waals surface area contributed by atoms with Crippen LogP contribution in [-0.2, 0) is 15.0 Å². The van der Waals surface area contributed by atoms with Crippen molar-refractivity contribution in [3.05, 3.63) is 29.3 Å². The molecule has 0 aliphatic carbocycles. The summed E-state index contributed by atoms with van der Waals surface area (Å²) in [6.45, 7) is 9.93. The molecule has 0 atom stereocenters. The highest BCUT2D eigenvalue weighted by Gasteiger charge is 2.25. The number of amides is 2. The summed E-state index contributed by atoms with van der Waals surface area (Å²) in [5.41, 5.74) is 7.93. The Morgan fingerprint density at radius 1 is 1.25 bits per heavy atom. The first kappa shape index (κ1) is 18.8. The van der Waals surface area contributed by atoms with Crippen molar-refractivity contribution in [1.82, 2.24) is 4.90 Å². The van der Waals surface area contributed by atoms with Crippen LogP contribution in [0.15, 0.2) is 23.1 Å². The summed E-state index contributed by atoms with van der Waals surface area (Å²) in [5.74, 6) is 0.261. The van der Waals surface area contributed by atoms with E-state index in [4.69, 9.17) is 5.73 Å². The van der Waals surface area contributed by atoms with Crippen molar-refractivity contribution < 1.29 is 9.59 Å². The minimum absolute atomic E-state index is 0.0765. The van der Waals surface area contributed by atoms with Crippen LogP contribution < -0.4 is 5.73 Å². The van der Waals surface area contributed by atoms with E-state index in [0.29, 0.717) is 31.7 Å². The molecule has 132 valence electrons. The highest BCUT2D eigenvalue weighted by Crippen LogP contribution is 2.30. The zero-order chi connectivity index (χ0) is 17.9. The van der Waals surface area contributed by atoms with E-state index >= 15 is 0 Å². The standard InChI is InChI=1S/C19H28N2O2S/c1-13-5-6-15(19(2,3)4)11-16(13)24-12-17(22)21-9-7-14(8-10-21)18(20)23/h5-6,11,14H,7-10,12H2,1-4H3,(H2,20,23). The van der Waals surface area contributed by atoms with Gasteiger partial charge in [-0.25, -0.2) is 0 Å². The first-order valence-corrected chi connectivity index (χ1v) is 9.48. The molecule has 0 bridgehead atoms. The van der Waals surface area contributed by atoms with Crippen LogP contribution in [0.4, 0.5) is 0 Å². The van der Waals surface area contributed by atoms with Crippen LogP contribution in [0.2, 0.25) is 0 Å². The fraction of sp³-hybridized carbons (Fsp3) is 0.579. The van der Waals surface area contributed by atoms with Crippen LogP contribution in [0.3, 0.4) is 0 Å². The Balaban J connectivity index is 1.94. The summed E-state index contributed by atoms with van der Waals surface area (Å²) in [7, 11) is 0. The van der Waals surface area contributed by atoms with Crippen molar-refractivity contribution in [3.8, 4) is 0 Å². The van der Waals surface area contributed by atoms with Gasteiger partial charge in [0.05, 0.1) is 5.75 Å². The second-order valence-corrected chi connectivity index (χ2v) is 8.59. The molecular formula is C19H28N2O2S. The number of aryl methyl sites for hydroxylation is 1. The molecule has 1 aromatic carbocycles. The van der Waals surface area contributed by atoms with Crippen molar-refractivity contribution in [2.24, 2.45) is 11.7 Å². The lowest BCUT2D eigenvalue weighted by Crippen LogP contribution is -2.42. The fourth-order valence-corrected chi connectivity index (χ4v) is 3.83. The lowest BCUT2D eigenvalue weighted by molar-refractivity contribution is -0.132. The van der Waals surface area contributed by atoms with E-state index in [1.807, 2.05) is 4.90 Å². The molecule has 1 heterocycles. The maximum atomic E-state index is 12.4. The average Bonchev–Trinajstić information content (AvgIpc) is 2.52. The minimum atomic E-state index is -0.244. The van der Waals surface area contributed by atoms with Crippen LogP contribution in [-0.4, -0.2) is 35.6 Å². The molecule has 2 amide bonds. The first-order chi connectivity index (χ1) is 11.2. The molecule has 0 saturated carbocycles. The van der Waals surface area contributed by atoms with Gasteiger partial charge in [0.2, 0.25) is 11.8 Å². The Morgan fingerprint density at radius 3 is 2.42 bits per heavy atom. The highest BCUT2D eigenvalue weighted by molar-refractivity contribution is 8.00. The number of likely N-dealkylation sites (tertiary alicyclic amines) is 1. The van der Waals surface area contributed by atoms with Gasteiger partial charge in [-0.15, -0.1) is 11.8 Å². The van der Waals surface area contributed by atoms with Gasteiger partial charge in [-0.3, -0.25) is 9.59 Å². The summed E-state index contributed by atoms with van der Waals surface area (Å²) >= 11 is 1.60. The van der Waals surface area contributed by atoms with Crippen molar-refractivity contribution in [1.29, 1.82) is 0 Å². The van der Waals surface area contributed by atoms with E-state index in [0.717, 1.165) is 0 Å². The predicted molar refractivity (Wildman–Crippen MR) is 99.1 cm³/mol. The summed E-state index contributed by atoms with van der Waals surface area (Å²) < 4.78 is 0. The quantitative estimate of drug-likeness (QED) is 0.851. The van der Waals surface area contributed by atoms with Crippen LogP contribution in [0, 0.1) is 12.8 Å². The van der Waals surface area contributed by atoms with E-state index in [-0.39, 0.29) is 23.1 Å². The number of primary amides is 1. The fourth-order valence-electron chi connectivity index (χ4n) is 2.87. The zero-order valence-corrected chi connectivity index (χ0v) is 15.9. The van der Waals surface area contributed by atoms with E-state index in [1.54, 1.807) is 11.8 Å². The molecule has 0 unspecified atom stereocenters. The molecule has 0 spiro atoms. The van der Waals surface area contributed by atoms with E-state index in [2.05, 4.69) is 45.9 Å². The first-order valence-electron chi connectivity index (χ1n) is 8.49. The Bertz CT molecular complexity index is 614. The molecule has 4 nitrogen and oxygen atoms in total. The molecule has 1 aliphatic heterocycles. The van der Waals surface area contributed by atoms with Crippen molar-refractivity contribution in [2.75, 3.05) is 18.8 Å². The Kier molecular flexibility index (Phi) is 5.97. The van der Waals surface area contributed by atoms with Gasteiger partial charge in [-0.2, -0.15) is 0 Å². The van der Waals surface area contributed by atoms with Gasteiger partial charge < -0.3 is 10.6 Å². The van der Waals surface area contributed by atoms with Crippen molar-refractivity contribution in [3.63, 3.8) is 0 Å². The van der Waals surface area contributed by atoms with Crippen molar-refractivity contribution in [2.45, 2.75) is 50.8 Å². The van der Waals surface area contributed by atoms with Crippen LogP contribution in [0.1, 0.15) is 44.7 Å². The van der Waals surface area contributed by atoms with Gasteiger partial charge in [-0.1, -0.05) is 32.9 Å². The smallest absolute Gasteiger partial charge is 0.232 e. The number of rotatable bonds is 4. The number of nitrogens with two attached hydrogens (primary N) is 1. The van der Waals surface area contributed by atoms with Crippen LogP contribution in [0.25, 0.3) is 0 Å². The molecule has 2 rings (SSSR count). The number of piperidine rings is 1. The number of thioether (sulfide) groups is 1. The summed E-state index contributed by atoms with van der Waals surface area (Å²) in [4.78, 5) is 26.7. The second-order valence-electron chi connectivity index (χ2n) is 7.58. The third-order valence-corrected chi connectivity index (χ3v) is 5.80. The Morgan fingerprint density at radius 2 is 1.88 bits per heavy atom. The van der Waals surface area contributed by atoms with Gasteiger partial charge >= 0.3 is 0 Å². The third-order valence-electron chi connectivity index (χ3n) is 4.66. The van der Waals surface area contributed by atoms with E-state index in [1.165, 1.54) is 16.0 Å². The summed E-state index contributed by atoms with van der Waals surface area (Å²) in [6.07, 6.45) is 1.37. The molecule has 0 radical (unpaired) electrons. The topological polar surface area (TPSA) is 63.4 Å². The lowest BCUT2D eigenvalue weighted by Gasteiger charge is -2.30. The molecule has 5 heteroatoms. The van der Waals surface area contributed by atoms with E-state index < -0.39 is 0 Å². The second kappa shape index (κ2) is 7.60. The number of benzene rings is 1. The van der Waals surface area contributed by atoms with Gasteiger partial charge in [-0.05, 0) is 42.4 Å². The van der Waals surface area contributed by atoms with Crippen LogP contribution >= 0.6 is 11.8 Å². The molecule has 1 fully saturated rings. The maximum absolute atomic E-state index is 12.4. The summed E-state index contributed by atoms with van der Waals surface area (Å²) in [6, 6.07) is 6.49. The van der Waals surface area contributed by atoms with Gasteiger partial charge in [0.25, 0.3) is 0 Å². The number of hydrogen-bond donors (Lipinski definition) is 1. The number of nitrogens with zero attached hydrogens (tertiary/aromatic N) is 1. The zero-order valence-electron chi connectivity index (χ0n) is 15.1. The Labute approximate surface area is 149 Å². The highest BCUT2D eigenvalue weighted by atomic mass is 32.2.